The highest BCUT2D eigenvalue weighted by Gasteiger charge is 2.43. The van der Waals surface area contributed by atoms with Gasteiger partial charge in [-0.3, -0.25) is 4.99 Å². The fourth-order valence-corrected chi connectivity index (χ4v) is 6.15. The molecule has 2 fully saturated rings. The molecule has 2 N–H and O–H groups in total. The van der Waals surface area contributed by atoms with Crippen molar-refractivity contribution in [1.82, 2.24) is 14.9 Å². The summed E-state index contributed by atoms with van der Waals surface area (Å²) >= 11 is 0. The summed E-state index contributed by atoms with van der Waals surface area (Å²) in [4.78, 5) is 5.21. The van der Waals surface area contributed by atoms with Crippen molar-refractivity contribution in [3.8, 4) is 0 Å². The molecule has 28 heavy (non-hydrogen) atoms. The monoisotopic (exact) mass is 404 g/mol. The molecule has 0 radical (unpaired) electrons. The smallest absolute Gasteiger partial charge is 0.243 e. The lowest BCUT2D eigenvalue weighted by molar-refractivity contribution is 0.240. The highest BCUT2D eigenvalue weighted by molar-refractivity contribution is 7.89. The average Bonchev–Trinajstić information content (AvgIpc) is 3.23. The number of sulfonamides is 1. The lowest BCUT2D eigenvalue weighted by Gasteiger charge is -2.45. The Kier molecular flexibility index (Phi) is 5.76. The van der Waals surface area contributed by atoms with Gasteiger partial charge < -0.3 is 10.6 Å². The normalized spacial score (nSPS) is 23.7. The lowest BCUT2D eigenvalue weighted by atomic mass is 9.85. The SMILES string of the molecule is CCc1ccc(S(=O)(=O)N2CCC3(CC2)NCCN=C3NC2CCCC2)cc1. The van der Waals surface area contributed by atoms with Gasteiger partial charge in [-0.2, -0.15) is 4.31 Å². The molecule has 0 atom stereocenters. The molecule has 3 aliphatic rings. The Bertz CT molecular complexity index is 805. The molecular formula is C21H32N4O2S. The fraction of sp³-hybridized carbons (Fsp3) is 0.667. The second-order valence-corrected chi connectivity index (χ2v) is 10.2. The Morgan fingerprint density at radius 3 is 2.50 bits per heavy atom. The van der Waals surface area contributed by atoms with E-state index in [0.717, 1.165) is 43.8 Å². The number of amidine groups is 1. The molecule has 0 amide bonds. The Balaban J connectivity index is 1.46. The van der Waals surface area contributed by atoms with Gasteiger partial charge in [0.2, 0.25) is 10.0 Å². The summed E-state index contributed by atoms with van der Waals surface area (Å²) in [6, 6.07) is 7.83. The number of aliphatic imine (C=N–C) groups is 1. The quantitative estimate of drug-likeness (QED) is 0.808. The van der Waals surface area contributed by atoms with Gasteiger partial charge in [0.15, 0.2) is 0 Å². The highest BCUT2D eigenvalue weighted by Crippen LogP contribution is 2.30. The van der Waals surface area contributed by atoms with E-state index in [4.69, 9.17) is 4.99 Å². The standard InChI is InChI=1S/C21H32N4O2S/c1-2-17-7-9-19(10-8-17)28(26,27)25-15-11-21(12-16-25)20(22-13-14-23-21)24-18-5-3-4-6-18/h7-10,18,23H,2-6,11-16H2,1H3,(H,22,24). The second-order valence-electron chi connectivity index (χ2n) is 8.27. The molecule has 4 rings (SSSR count). The molecule has 0 bridgehead atoms. The molecule has 1 saturated heterocycles. The first kappa shape index (κ1) is 19.9. The first-order valence-corrected chi connectivity index (χ1v) is 12.1. The van der Waals surface area contributed by atoms with Crippen molar-refractivity contribution in [2.75, 3.05) is 26.2 Å². The first-order chi connectivity index (χ1) is 13.5. The molecule has 1 aromatic carbocycles. The molecule has 0 unspecified atom stereocenters. The molecule has 1 aromatic rings. The van der Waals surface area contributed by atoms with E-state index in [1.807, 2.05) is 12.1 Å². The van der Waals surface area contributed by atoms with E-state index in [1.54, 1.807) is 16.4 Å². The van der Waals surface area contributed by atoms with Crippen LogP contribution in [-0.2, 0) is 16.4 Å². The number of rotatable bonds is 4. The third-order valence-electron chi connectivity index (χ3n) is 6.54. The van der Waals surface area contributed by atoms with Crippen LogP contribution in [0.5, 0.6) is 0 Å². The van der Waals surface area contributed by atoms with Crippen LogP contribution in [0.25, 0.3) is 0 Å². The molecule has 0 aromatic heterocycles. The van der Waals surface area contributed by atoms with Gasteiger partial charge in [-0.05, 0) is 49.8 Å². The maximum atomic E-state index is 13.1. The first-order valence-electron chi connectivity index (χ1n) is 10.7. The summed E-state index contributed by atoms with van der Waals surface area (Å²) in [6.45, 7) is 4.78. The molecule has 2 heterocycles. The molecule has 1 aliphatic carbocycles. The predicted molar refractivity (Wildman–Crippen MR) is 112 cm³/mol. The van der Waals surface area contributed by atoms with Crippen LogP contribution in [0, 0.1) is 0 Å². The zero-order valence-corrected chi connectivity index (χ0v) is 17.6. The van der Waals surface area contributed by atoms with Crippen LogP contribution in [0.2, 0.25) is 0 Å². The van der Waals surface area contributed by atoms with Gasteiger partial charge in [0.05, 0.1) is 17.0 Å². The van der Waals surface area contributed by atoms with Gasteiger partial charge in [0.1, 0.15) is 5.84 Å². The Labute approximate surface area is 168 Å². The molecule has 1 spiro atoms. The van der Waals surface area contributed by atoms with Crippen molar-refractivity contribution < 1.29 is 8.42 Å². The molecule has 154 valence electrons. The van der Waals surface area contributed by atoms with Crippen LogP contribution in [0.3, 0.4) is 0 Å². The molecule has 2 aliphatic heterocycles. The van der Waals surface area contributed by atoms with Crippen LogP contribution in [0.15, 0.2) is 34.2 Å². The van der Waals surface area contributed by atoms with E-state index in [2.05, 4.69) is 17.6 Å². The zero-order chi connectivity index (χ0) is 19.6. The van der Waals surface area contributed by atoms with Crippen molar-refractivity contribution in [3.63, 3.8) is 0 Å². The minimum atomic E-state index is -3.44. The highest BCUT2D eigenvalue weighted by atomic mass is 32.2. The molecule has 1 saturated carbocycles. The summed E-state index contributed by atoms with van der Waals surface area (Å²) in [6.07, 6.45) is 7.43. The topological polar surface area (TPSA) is 73.8 Å². The van der Waals surface area contributed by atoms with E-state index in [1.165, 1.54) is 25.7 Å². The predicted octanol–water partition coefficient (Wildman–Crippen LogP) is 2.31. The van der Waals surface area contributed by atoms with Gasteiger partial charge >= 0.3 is 0 Å². The summed E-state index contributed by atoms with van der Waals surface area (Å²) in [5.41, 5.74) is 0.959. The number of benzene rings is 1. The van der Waals surface area contributed by atoms with Crippen molar-refractivity contribution in [2.45, 2.75) is 68.3 Å². The van der Waals surface area contributed by atoms with E-state index in [0.29, 0.717) is 24.0 Å². The molecule has 6 nitrogen and oxygen atoms in total. The van der Waals surface area contributed by atoms with Gasteiger partial charge in [0.25, 0.3) is 0 Å². The largest absolute Gasteiger partial charge is 0.370 e. The van der Waals surface area contributed by atoms with Gasteiger partial charge in [-0.25, -0.2) is 8.42 Å². The number of piperidine rings is 1. The van der Waals surface area contributed by atoms with E-state index >= 15 is 0 Å². The second kappa shape index (κ2) is 8.13. The van der Waals surface area contributed by atoms with Crippen LogP contribution in [-0.4, -0.2) is 56.3 Å². The Hall–Kier alpha value is -1.44. The summed E-state index contributed by atoms with van der Waals surface area (Å²) < 4.78 is 27.8. The maximum Gasteiger partial charge on any atom is 0.243 e. The number of nitrogens with zero attached hydrogens (tertiary/aromatic N) is 2. The molecule has 7 heteroatoms. The van der Waals surface area contributed by atoms with Crippen molar-refractivity contribution in [3.05, 3.63) is 29.8 Å². The fourth-order valence-electron chi connectivity index (χ4n) is 4.71. The van der Waals surface area contributed by atoms with Crippen molar-refractivity contribution >= 4 is 15.9 Å². The number of nitrogens with one attached hydrogen (secondary N) is 2. The van der Waals surface area contributed by atoms with Crippen LogP contribution in [0.4, 0.5) is 0 Å². The van der Waals surface area contributed by atoms with E-state index < -0.39 is 10.0 Å². The van der Waals surface area contributed by atoms with Gasteiger partial charge in [0, 0.05) is 25.7 Å². The van der Waals surface area contributed by atoms with Gasteiger partial charge in [-0.1, -0.05) is 31.9 Å². The zero-order valence-electron chi connectivity index (χ0n) is 16.8. The van der Waals surface area contributed by atoms with Crippen molar-refractivity contribution in [1.29, 1.82) is 0 Å². The maximum absolute atomic E-state index is 13.1. The third kappa shape index (κ3) is 3.84. The minimum absolute atomic E-state index is 0.196. The summed E-state index contributed by atoms with van der Waals surface area (Å²) in [7, 11) is -3.44. The number of hydrogen-bond donors (Lipinski definition) is 2. The van der Waals surface area contributed by atoms with Gasteiger partial charge in [-0.15, -0.1) is 0 Å². The third-order valence-corrected chi connectivity index (χ3v) is 8.45. The average molecular weight is 405 g/mol. The number of aryl methyl sites for hydroxylation is 1. The minimum Gasteiger partial charge on any atom is -0.370 e. The lowest BCUT2D eigenvalue weighted by Crippen LogP contribution is -2.65. The van der Waals surface area contributed by atoms with E-state index in [9.17, 15) is 8.42 Å². The van der Waals surface area contributed by atoms with Crippen LogP contribution in [0.1, 0.15) is 51.0 Å². The summed E-state index contributed by atoms with van der Waals surface area (Å²) in [5.74, 6) is 1.06. The number of hydrogen-bond acceptors (Lipinski definition) is 5. The van der Waals surface area contributed by atoms with Crippen LogP contribution >= 0.6 is 0 Å². The summed E-state index contributed by atoms with van der Waals surface area (Å²) in [5, 5.41) is 7.37. The Morgan fingerprint density at radius 1 is 1.18 bits per heavy atom. The Morgan fingerprint density at radius 2 is 1.86 bits per heavy atom. The van der Waals surface area contributed by atoms with Crippen molar-refractivity contribution in [2.24, 2.45) is 4.99 Å². The van der Waals surface area contributed by atoms with Crippen LogP contribution < -0.4 is 10.6 Å². The van der Waals surface area contributed by atoms with E-state index in [-0.39, 0.29) is 5.54 Å². The molecular weight excluding hydrogens is 372 g/mol.